The molecule has 0 aromatic heterocycles. The average molecular weight is 360 g/mol. The van der Waals surface area contributed by atoms with Gasteiger partial charge in [-0.2, -0.15) is 0 Å². The summed E-state index contributed by atoms with van der Waals surface area (Å²) in [6.45, 7) is 2.28. The molecule has 1 aromatic carbocycles. The highest BCUT2D eigenvalue weighted by Gasteiger charge is 2.10. The van der Waals surface area contributed by atoms with Gasteiger partial charge in [0.25, 0.3) is 0 Å². The highest BCUT2D eigenvalue weighted by molar-refractivity contribution is 5.73. The number of hydrogen-bond donors (Lipinski definition) is 1. The van der Waals surface area contributed by atoms with E-state index < -0.39 is 0 Å². The van der Waals surface area contributed by atoms with E-state index in [-0.39, 0.29) is 5.91 Å². The quantitative estimate of drug-likeness (QED) is 0.295. The summed E-state index contributed by atoms with van der Waals surface area (Å²) in [6.07, 6.45) is 18.8. The number of amides is 1. The molecule has 0 aliphatic carbocycles. The van der Waals surface area contributed by atoms with Gasteiger partial charge in [0.2, 0.25) is 5.91 Å². The van der Waals surface area contributed by atoms with Gasteiger partial charge in [-0.1, -0.05) is 108 Å². The summed E-state index contributed by atoms with van der Waals surface area (Å²) in [4.78, 5) is 10.7. The van der Waals surface area contributed by atoms with Gasteiger partial charge < -0.3 is 5.73 Å². The average Bonchev–Trinajstić information content (AvgIpc) is 2.65. The Kier molecular flexibility index (Phi) is 13.9. The van der Waals surface area contributed by atoms with Crippen LogP contribution < -0.4 is 5.73 Å². The number of hydrogen-bond acceptors (Lipinski definition) is 1. The lowest BCUT2D eigenvalue weighted by Gasteiger charge is -2.17. The van der Waals surface area contributed by atoms with E-state index in [0.717, 1.165) is 18.8 Å². The maximum Gasteiger partial charge on any atom is 0.217 e. The first-order chi connectivity index (χ1) is 12.7. The number of carbonyl (C=O) groups is 1. The minimum atomic E-state index is -0.162. The SMILES string of the molecule is CCCCCCCCC(CCCCCCCCC(N)=O)c1ccccc1. The van der Waals surface area contributed by atoms with Crippen molar-refractivity contribution in [2.75, 3.05) is 0 Å². The van der Waals surface area contributed by atoms with Gasteiger partial charge >= 0.3 is 0 Å². The Hall–Kier alpha value is -1.31. The topological polar surface area (TPSA) is 43.1 Å². The van der Waals surface area contributed by atoms with Gasteiger partial charge in [0.15, 0.2) is 0 Å². The maximum absolute atomic E-state index is 10.7. The Morgan fingerprint density at radius 3 is 1.81 bits per heavy atom. The predicted octanol–water partition coefficient (Wildman–Crippen LogP) is 7.13. The molecule has 2 nitrogen and oxygen atoms in total. The van der Waals surface area contributed by atoms with Crippen molar-refractivity contribution < 1.29 is 4.79 Å². The van der Waals surface area contributed by atoms with Crippen molar-refractivity contribution in [2.24, 2.45) is 5.73 Å². The van der Waals surface area contributed by atoms with Crippen LogP contribution in [-0.4, -0.2) is 5.91 Å². The number of nitrogens with two attached hydrogens (primary N) is 1. The van der Waals surface area contributed by atoms with Crippen LogP contribution in [0.5, 0.6) is 0 Å². The van der Waals surface area contributed by atoms with E-state index in [4.69, 9.17) is 5.73 Å². The zero-order chi connectivity index (χ0) is 18.9. The van der Waals surface area contributed by atoms with Crippen molar-refractivity contribution in [1.82, 2.24) is 0 Å². The van der Waals surface area contributed by atoms with Gasteiger partial charge in [0.05, 0.1) is 0 Å². The highest BCUT2D eigenvalue weighted by Crippen LogP contribution is 2.28. The molecule has 0 heterocycles. The minimum absolute atomic E-state index is 0.162. The van der Waals surface area contributed by atoms with Crippen LogP contribution in [0.4, 0.5) is 0 Å². The molecule has 0 radical (unpaired) electrons. The summed E-state index contributed by atoms with van der Waals surface area (Å²) in [6, 6.07) is 11.1. The fraction of sp³-hybridized carbons (Fsp3) is 0.708. The molecule has 26 heavy (non-hydrogen) atoms. The van der Waals surface area contributed by atoms with Crippen molar-refractivity contribution in [1.29, 1.82) is 0 Å². The van der Waals surface area contributed by atoms with E-state index in [0.29, 0.717) is 6.42 Å². The van der Waals surface area contributed by atoms with Gasteiger partial charge in [0, 0.05) is 6.42 Å². The zero-order valence-electron chi connectivity index (χ0n) is 17.1. The second-order valence-electron chi connectivity index (χ2n) is 7.79. The van der Waals surface area contributed by atoms with Crippen molar-refractivity contribution in [3.63, 3.8) is 0 Å². The fourth-order valence-electron chi connectivity index (χ4n) is 3.77. The predicted molar refractivity (Wildman–Crippen MR) is 113 cm³/mol. The molecule has 2 heteroatoms. The number of unbranched alkanes of at least 4 members (excludes halogenated alkanes) is 10. The Morgan fingerprint density at radius 1 is 0.769 bits per heavy atom. The van der Waals surface area contributed by atoms with E-state index >= 15 is 0 Å². The summed E-state index contributed by atoms with van der Waals surface area (Å²) in [5.74, 6) is 0.572. The Labute approximate surface area is 162 Å². The van der Waals surface area contributed by atoms with Gasteiger partial charge in [-0.3, -0.25) is 4.79 Å². The Morgan fingerprint density at radius 2 is 1.27 bits per heavy atom. The molecule has 1 rings (SSSR count). The lowest BCUT2D eigenvalue weighted by molar-refractivity contribution is -0.118. The van der Waals surface area contributed by atoms with Crippen molar-refractivity contribution in [2.45, 2.75) is 109 Å². The summed E-state index contributed by atoms with van der Waals surface area (Å²) in [5.41, 5.74) is 6.71. The smallest absolute Gasteiger partial charge is 0.217 e. The lowest BCUT2D eigenvalue weighted by atomic mass is 9.88. The largest absolute Gasteiger partial charge is 0.370 e. The summed E-state index contributed by atoms with van der Waals surface area (Å²) in [7, 11) is 0. The molecular formula is C24H41NO. The van der Waals surface area contributed by atoms with Crippen molar-refractivity contribution >= 4 is 5.91 Å². The molecule has 0 saturated carbocycles. The molecule has 148 valence electrons. The van der Waals surface area contributed by atoms with E-state index in [1.54, 1.807) is 0 Å². The second-order valence-corrected chi connectivity index (χ2v) is 7.79. The third-order valence-electron chi connectivity index (χ3n) is 5.40. The van der Waals surface area contributed by atoms with Crippen LogP contribution in [-0.2, 0) is 4.79 Å². The number of carbonyl (C=O) groups excluding carboxylic acids is 1. The molecule has 2 N–H and O–H groups in total. The molecule has 1 aromatic rings. The normalized spacial score (nSPS) is 12.2. The third kappa shape index (κ3) is 12.1. The van der Waals surface area contributed by atoms with E-state index in [1.165, 1.54) is 82.6 Å². The first kappa shape index (κ1) is 22.7. The van der Waals surface area contributed by atoms with Crippen molar-refractivity contribution in [3.8, 4) is 0 Å². The first-order valence-corrected chi connectivity index (χ1v) is 11.1. The summed E-state index contributed by atoms with van der Waals surface area (Å²) >= 11 is 0. The minimum Gasteiger partial charge on any atom is -0.370 e. The standard InChI is InChI=1S/C24H41NO/c1-2-3-4-5-8-12-17-22(23-19-14-11-15-20-23)18-13-9-6-7-10-16-21-24(25)26/h11,14-15,19-20,22H,2-10,12-13,16-18,21H2,1H3,(H2,25,26). The van der Waals surface area contributed by atoms with Gasteiger partial charge in [-0.15, -0.1) is 0 Å². The molecule has 1 amide bonds. The molecule has 0 saturated heterocycles. The van der Waals surface area contributed by atoms with Crippen LogP contribution >= 0.6 is 0 Å². The van der Waals surface area contributed by atoms with Crippen LogP contribution in [0.15, 0.2) is 30.3 Å². The van der Waals surface area contributed by atoms with Crippen LogP contribution in [0, 0.1) is 0 Å². The molecule has 0 spiro atoms. The van der Waals surface area contributed by atoms with Crippen LogP contribution in [0.25, 0.3) is 0 Å². The molecule has 0 bridgehead atoms. The summed E-state index contributed by atoms with van der Waals surface area (Å²) < 4.78 is 0. The first-order valence-electron chi connectivity index (χ1n) is 11.1. The third-order valence-corrected chi connectivity index (χ3v) is 5.40. The summed E-state index contributed by atoms with van der Waals surface area (Å²) in [5, 5.41) is 0. The molecule has 0 fully saturated rings. The fourth-order valence-corrected chi connectivity index (χ4v) is 3.77. The van der Waals surface area contributed by atoms with Crippen LogP contribution in [0.3, 0.4) is 0 Å². The van der Waals surface area contributed by atoms with Crippen LogP contribution in [0.1, 0.15) is 115 Å². The van der Waals surface area contributed by atoms with Crippen molar-refractivity contribution in [3.05, 3.63) is 35.9 Å². The Balaban J connectivity index is 2.20. The van der Waals surface area contributed by atoms with Crippen LogP contribution in [0.2, 0.25) is 0 Å². The molecule has 1 atom stereocenters. The number of rotatable bonds is 17. The van der Waals surface area contributed by atoms with Gasteiger partial charge in [0.1, 0.15) is 0 Å². The molecular weight excluding hydrogens is 318 g/mol. The maximum atomic E-state index is 10.7. The van der Waals surface area contributed by atoms with E-state index in [2.05, 4.69) is 37.3 Å². The highest BCUT2D eigenvalue weighted by atomic mass is 16.1. The number of benzene rings is 1. The Bertz CT molecular complexity index is 443. The molecule has 0 aliphatic heterocycles. The van der Waals surface area contributed by atoms with E-state index in [1.807, 2.05) is 0 Å². The number of primary amides is 1. The van der Waals surface area contributed by atoms with E-state index in [9.17, 15) is 4.79 Å². The van der Waals surface area contributed by atoms with Gasteiger partial charge in [-0.05, 0) is 30.7 Å². The van der Waals surface area contributed by atoms with Gasteiger partial charge in [-0.25, -0.2) is 0 Å². The zero-order valence-corrected chi connectivity index (χ0v) is 17.1. The molecule has 0 aliphatic rings. The lowest BCUT2D eigenvalue weighted by Crippen LogP contribution is -2.09. The second kappa shape index (κ2) is 15.9. The monoisotopic (exact) mass is 359 g/mol. The molecule has 1 unspecified atom stereocenters.